The van der Waals surface area contributed by atoms with Gasteiger partial charge in [-0.1, -0.05) is 12.8 Å². The van der Waals surface area contributed by atoms with E-state index in [1.807, 2.05) is 4.90 Å². The van der Waals surface area contributed by atoms with Crippen LogP contribution in [0.25, 0.3) is 0 Å². The SMILES string of the molecule is O=C(C1CCOC1)N1CCCCCC1. The summed E-state index contributed by atoms with van der Waals surface area (Å²) in [6.45, 7) is 3.35. The first-order valence-electron chi connectivity index (χ1n) is 5.74. The number of likely N-dealkylation sites (tertiary alicyclic amines) is 1. The summed E-state index contributed by atoms with van der Waals surface area (Å²) >= 11 is 0. The highest BCUT2D eigenvalue weighted by atomic mass is 16.5. The second kappa shape index (κ2) is 4.78. The molecule has 2 rings (SSSR count). The Morgan fingerprint density at radius 3 is 2.43 bits per heavy atom. The molecule has 80 valence electrons. The van der Waals surface area contributed by atoms with E-state index >= 15 is 0 Å². The van der Waals surface area contributed by atoms with Crippen molar-refractivity contribution in [3.05, 3.63) is 0 Å². The summed E-state index contributed by atoms with van der Waals surface area (Å²) in [7, 11) is 0. The van der Waals surface area contributed by atoms with Crippen molar-refractivity contribution in [3.8, 4) is 0 Å². The Morgan fingerprint density at radius 1 is 1.14 bits per heavy atom. The summed E-state index contributed by atoms with van der Waals surface area (Å²) < 4.78 is 5.25. The van der Waals surface area contributed by atoms with Crippen molar-refractivity contribution in [2.45, 2.75) is 32.1 Å². The van der Waals surface area contributed by atoms with Crippen LogP contribution in [0.5, 0.6) is 0 Å². The molecule has 0 aromatic carbocycles. The van der Waals surface area contributed by atoms with Crippen molar-refractivity contribution < 1.29 is 9.53 Å². The maximum Gasteiger partial charge on any atom is 0.228 e. The molecule has 0 aromatic rings. The zero-order valence-electron chi connectivity index (χ0n) is 8.71. The molecule has 2 heterocycles. The summed E-state index contributed by atoms with van der Waals surface area (Å²) in [6.07, 6.45) is 5.85. The number of rotatable bonds is 1. The van der Waals surface area contributed by atoms with Crippen LogP contribution in [0.3, 0.4) is 0 Å². The quantitative estimate of drug-likeness (QED) is 0.636. The van der Waals surface area contributed by atoms with Crippen LogP contribution < -0.4 is 0 Å². The van der Waals surface area contributed by atoms with Crippen molar-refractivity contribution >= 4 is 5.91 Å². The summed E-state index contributed by atoms with van der Waals surface area (Å²) in [6, 6.07) is 0. The number of hydrogen-bond donors (Lipinski definition) is 0. The highest BCUT2D eigenvalue weighted by Crippen LogP contribution is 2.18. The van der Waals surface area contributed by atoms with Gasteiger partial charge in [-0.05, 0) is 19.3 Å². The van der Waals surface area contributed by atoms with E-state index in [9.17, 15) is 4.79 Å². The van der Waals surface area contributed by atoms with E-state index in [0.29, 0.717) is 12.5 Å². The maximum absolute atomic E-state index is 12.0. The first-order valence-corrected chi connectivity index (χ1v) is 5.74. The van der Waals surface area contributed by atoms with Crippen LogP contribution in [0.1, 0.15) is 32.1 Å². The minimum absolute atomic E-state index is 0.160. The van der Waals surface area contributed by atoms with Gasteiger partial charge in [0, 0.05) is 19.7 Å². The van der Waals surface area contributed by atoms with Gasteiger partial charge in [-0.15, -0.1) is 0 Å². The Hall–Kier alpha value is -0.570. The van der Waals surface area contributed by atoms with Crippen molar-refractivity contribution in [1.82, 2.24) is 4.90 Å². The van der Waals surface area contributed by atoms with Crippen molar-refractivity contribution in [1.29, 1.82) is 0 Å². The van der Waals surface area contributed by atoms with E-state index < -0.39 is 0 Å². The molecule has 3 nitrogen and oxygen atoms in total. The van der Waals surface area contributed by atoms with Gasteiger partial charge in [0.05, 0.1) is 12.5 Å². The van der Waals surface area contributed by atoms with Crippen molar-refractivity contribution in [3.63, 3.8) is 0 Å². The Morgan fingerprint density at radius 2 is 1.86 bits per heavy atom. The van der Waals surface area contributed by atoms with Crippen LogP contribution in [0, 0.1) is 5.92 Å². The number of amides is 1. The topological polar surface area (TPSA) is 29.5 Å². The Bertz CT molecular complexity index is 191. The van der Waals surface area contributed by atoms with Gasteiger partial charge in [-0.25, -0.2) is 0 Å². The molecule has 0 bridgehead atoms. The smallest absolute Gasteiger partial charge is 0.228 e. The summed E-state index contributed by atoms with van der Waals surface area (Å²) in [5.74, 6) is 0.498. The molecule has 2 fully saturated rings. The lowest BCUT2D eigenvalue weighted by Gasteiger charge is -2.23. The lowest BCUT2D eigenvalue weighted by molar-refractivity contribution is -0.135. The van der Waals surface area contributed by atoms with E-state index in [4.69, 9.17) is 4.74 Å². The molecule has 1 amide bonds. The van der Waals surface area contributed by atoms with Gasteiger partial charge in [0.1, 0.15) is 0 Å². The van der Waals surface area contributed by atoms with Gasteiger partial charge in [-0.3, -0.25) is 4.79 Å². The first-order chi connectivity index (χ1) is 6.88. The van der Waals surface area contributed by atoms with Crippen molar-refractivity contribution in [2.75, 3.05) is 26.3 Å². The maximum atomic E-state index is 12.0. The largest absolute Gasteiger partial charge is 0.381 e. The van der Waals surface area contributed by atoms with E-state index in [1.165, 1.54) is 25.7 Å². The fraction of sp³-hybridized carbons (Fsp3) is 0.909. The average molecular weight is 197 g/mol. The highest BCUT2D eigenvalue weighted by Gasteiger charge is 2.27. The second-order valence-electron chi connectivity index (χ2n) is 4.30. The molecule has 2 saturated heterocycles. The molecule has 2 aliphatic heterocycles. The van der Waals surface area contributed by atoms with Gasteiger partial charge in [-0.2, -0.15) is 0 Å². The van der Waals surface area contributed by atoms with Crippen molar-refractivity contribution in [2.24, 2.45) is 5.92 Å². The third kappa shape index (κ3) is 2.27. The fourth-order valence-corrected chi connectivity index (χ4v) is 2.28. The van der Waals surface area contributed by atoms with Crippen LogP contribution in [0.15, 0.2) is 0 Å². The third-order valence-electron chi connectivity index (χ3n) is 3.20. The predicted molar refractivity (Wildman–Crippen MR) is 54.0 cm³/mol. The number of nitrogens with zero attached hydrogens (tertiary/aromatic N) is 1. The number of carbonyl (C=O) groups excluding carboxylic acids is 1. The molecule has 3 heteroatoms. The zero-order chi connectivity index (χ0) is 9.80. The van der Waals surface area contributed by atoms with Crippen LogP contribution >= 0.6 is 0 Å². The molecule has 0 radical (unpaired) electrons. The lowest BCUT2D eigenvalue weighted by Crippen LogP contribution is -2.37. The van der Waals surface area contributed by atoms with E-state index in [0.717, 1.165) is 26.1 Å². The first kappa shape index (κ1) is 9.97. The Labute approximate surface area is 85.4 Å². The predicted octanol–water partition coefficient (Wildman–Crippen LogP) is 1.43. The third-order valence-corrected chi connectivity index (χ3v) is 3.20. The molecule has 0 aromatic heterocycles. The monoisotopic (exact) mass is 197 g/mol. The van der Waals surface area contributed by atoms with Gasteiger partial charge in [0.15, 0.2) is 0 Å². The molecule has 0 spiro atoms. The molecule has 0 aliphatic carbocycles. The number of carbonyl (C=O) groups is 1. The normalized spacial score (nSPS) is 28.9. The lowest BCUT2D eigenvalue weighted by atomic mass is 10.1. The molecule has 0 saturated carbocycles. The number of hydrogen-bond acceptors (Lipinski definition) is 2. The molecule has 1 atom stereocenters. The standard InChI is InChI=1S/C11H19NO2/c13-11(10-5-8-14-9-10)12-6-3-1-2-4-7-12/h10H,1-9H2. The molecule has 14 heavy (non-hydrogen) atoms. The van der Waals surface area contributed by atoms with Gasteiger partial charge < -0.3 is 9.64 Å². The zero-order valence-corrected chi connectivity index (χ0v) is 8.71. The molecule has 1 unspecified atom stereocenters. The van der Waals surface area contributed by atoms with Crippen LogP contribution in [-0.2, 0) is 9.53 Å². The van der Waals surface area contributed by atoms with Crippen LogP contribution in [0.4, 0.5) is 0 Å². The average Bonchev–Trinajstić information content (AvgIpc) is 2.59. The fourth-order valence-electron chi connectivity index (χ4n) is 2.28. The highest BCUT2D eigenvalue weighted by molar-refractivity contribution is 5.79. The summed E-state index contributed by atoms with van der Waals surface area (Å²) in [5.41, 5.74) is 0. The summed E-state index contributed by atoms with van der Waals surface area (Å²) in [5, 5.41) is 0. The van der Waals surface area contributed by atoms with E-state index in [2.05, 4.69) is 0 Å². The minimum Gasteiger partial charge on any atom is -0.381 e. The molecular weight excluding hydrogens is 178 g/mol. The Balaban J connectivity index is 1.88. The van der Waals surface area contributed by atoms with Gasteiger partial charge >= 0.3 is 0 Å². The molecule has 0 N–H and O–H groups in total. The number of ether oxygens (including phenoxy) is 1. The molecule has 2 aliphatic rings. The van der Waals surface area contributed by atoms with Gasteiger partial charge in [0.25, 0.3) is 0 Å². The van der Waals surface area contributed by atoms with Gasteiger partial charge in [0.2, 0.25) is 5.91 Å². The second-order valence-corrected chi connectivity index (χ2v) is 4.30. The van der Waals surface area contributed by atoms with Crippen LogP contribution in [-0.4, -0.2) is 37.1 Å². The molecular formula is C11H19NO2. The Kier molecular flexibility index (Phi) is 3.40. The minimum atomic E-state index is 0.160. The van der Waals surface area contributed by atoms with Crippen LogP contribution in [0.2, 0.25) is 0 Å². The summed E-state index contributed by atoms with van der Waals surface area (Å²) in [4.78, 5) is 14.0. The van der Waals surface area contributed by atoms with E-state index in [-0.39, 0.29) is 5.92 Å². The van der Waals surface area contributed by atoms with E-state index in [1.54, 1.807) is 0 Å².